The van der Waals surface area contributed by atoms with Crippen molar-refractivity contribution in [2.45, 2.75) is 35.1 Å². The van der Waals surface area contributed by atoms with Crippen LogP contribution in [0.3, 0.4) is 0 Å². The quantitative estimate of drug-likeness (QED) is 0.335. The van der Waals surface area contributed by atoms with Crippen LogP contribution in [0, 0.1) is 0 Å². The molecular weight excluding hydrogens is 364 g/mol. The topological polar surface area (TPSA) is 24.1 Å². The van der Waals surface area contributed by atoms with Crippen molar-refractivity contribution in [2.24, 2.45) is 0 Å². The van der Waals surface area contributed by atoms with E-state index < -0.39 is 0 Å². The van der Waals surface area contributed by atoms with Crippen LogP contribution in [0.15, 0.2) is 63.2 Å². The van der Waals surface area contributed by atoms with Crippen molar-refractivity contribution in [3.05, 3.63) is 54.1 Å². The number of hydrogen-bond donors (Lipinski definition) is 5. The van der Waals surface area contributed by atoms with E-state index in [0.29, 0.717) is 0 Å². The van der Waals surface area contributed by atoms with E-state index in [-0.39, 0.29) is 0 Å². The Kier molecular flexibility index (Phi) is 7.41. The highest BCUT2D eigenvalue weighted by molar-refractivity contribution is 7.81. The van der Waals surface area contributed by atoms with Crippen LogP contribution in [-0.2, 0) is 6.54 Å². The van der Waals surface area contributed by atoms with Crippen molar-refractivity contribution in [2.75, 3.05) is 17.7 Å². The lowest BCUT2D eigenvalue weighted by Gasteiger charge is -2.14. The van der Waals surface area contributed by atoms with Gasteiger partial charge in [0, 0.05) is 45.0 Å². The molecule has 0 unspecified atom stereocenters. The van der Waals surface area contributed by atoms with Crippen LogP contribution in [-0.4, -0.2) is 7.05 Å². The lowest BCUT2D eigenvalue weighted by atomic mass is 10.1. The fraction of sp³-hybridized carbons (Fsp3) is 0.200. The zero-order valence-electron chi connectivity index (χ0n) is 14.7. The zero-order chi connectivity index (χ0) is 18.4. The molecule has 2 N–H and O–H groups in total. The number of rotatable bonds is 4. The number of nitrogens with one attached hydrogen (secondary N) is 2. The van der Waals surface area contributed by atoms with Gasteiger partial charge < -0.3 is 10.6 Å². The highest BCUT2D eigenvalue weighted by Gasteiger charge is 2.09. The maximum Gasteiger partial charge on any atom is 0.0434 e. The average Bonchev–Trinajstić information content (AvgIpc) is 2.63. The van der Waals surface area contributed by atoms with Crippen molar-refractivity contribution in [3.63, 3.8) is 0 Å². The van der Waals surface area contributed by atoms with Gasteiger partial charge in [-0.05, 0) is 47.3 Å². The van der Waals surface area contributed by atoms with Gasteiger partial charge >= 0.3 is 0 Å². The van der Waals surface area contributed by atoms with E-state index in [9.17, 15) is 0 Å². The number of fused-ring (bicyclic) bond motifs is 1. The summed E-state index contributed by atoms with van der Waals surface area (Å²) >= 11 is 13.6. The molecule has 25 heavy (non-hydrogen) atoms. The lowest BCUT2D eigenvalue weighted by Crippen LogP contribution is -2.01. The van der Waals surface area contributed by atoms with Crippen LogP contribution in [0.25, 0.3) is 10.8 Å². The highest BCUT2D eigenvalue weighted by Crippen LogP contribution is 2.35. The van der Waals surface area contributed by atoms with Crippen LogP contribution >= 0.6 is 37.9 Å². The first-order valence-electron chi connectivity index (χ1n) is 8.26. The standard InChI is InChI=1S/C18H18N2S3.C2H6/c1-19-12-4-2-3-11(7-12)10-20-15-5-6-16(22)14-8-13(21)9-17(23)18(14)15;1-2/h2-9,19-23H,10H2,1H3;1-2H3. The van der Waals surface area contributed by atoms with Gasteiger partial charge in [0.1, 0.15) is 0 Å². The Hall–Kier alpha value is -1.43. The third kappa shape index (κ3) is 4.81. The maximum absolute atomic E-state index is 4.62. The van der Waals surface area contributed by atoms with Crippen LogP contribution in [0.2, 0.25) is 0 Å². The Balaban J connectivity index is 0.00000109. The van der Waals surface area contributed by atoms with Gasteiger partial charge in [0.15, 0.2) is 0 Å². The molecule has 0 radical (unpaired) electrons. The molecule has 0 bridgehead atoms. The second kappa shape index (κ2) is 9.32. The fourth-order valence-corrected chi connectivity index (χ4v) is 3.60. The Morgan fingerprint density at radius 1 is 0.880 bits per heavy atom. The molecule has 0 spiro atoms. The molecule has 0 saturated carbocycles. The van der Waals surface area contributed by atoms with Crippen molar-refractivity contribution >= 4 is 60.0 Å². The summed E-state index contributed by atoms with van der Waals surface area (Å²) in [6.07, 6.45) is 0. The summed E-state index contributed by atoms with van der Waals surface area (Å²) in [5.41, 5.74) is 3.37. The van der Waals surface area contributed by atoms with E-state index in [1.165, 1.54) is 5.56 Å². The van der Waals surface area contributed by atoms with Crippen LogP contribution in [0.4, 0.5) is 11.4 Å². The van der Waals surface area contributed by atoms with Crippen LogP contribution in [0.1, 0.15) is 19.4 Å². The maximum atomic E-state index is 4.62. The highest BCUT2D eigenvalue weighted by atomic mass is 32.1. The molecule has 3 aromatic rings. The first-order chi connectivity index (χ1) is 12.1. The van der Waals surface area contributed by atoms with E-state index in [1.807, 2.05) is 45.2 Å². The first-order valence-corrected chi connectivity index (χ1v) is 9.61. The van der Waals surface area contributed by atoms with E-state index >= 15 is 0 Å². The largest absolute Gasteiger partial charge is 0.388 e. The van der Waals surface area contributed by atoms with Gasteiger partial charge in [-0.15, -0.1) is 37.9 Å². The summed E-state index contributed by atoms with van der Waals surface area (Å²) in [5.74, 6) is 0. The second-order valence-electron chi connectivity index (χ2n) is 5.32. The minimum absolute atomic E-state index is 0.742. The molecule has 132 valence electrons. The number of hydrogen-bond acceptors (Lipinski definition) is 5. The molecule has 3 rings (SSSR count). The molecule has 0 aliphatic carbocycles. The molecule has 0 aliphatic rings. The predicted octanol–water partition coefficient (Wildman–Crippen LogP) is 6.39. The van der Waals surface area contributed by atoms with E-state index in [0.717, 1.165) is 43.4 Å². The SMILES string of the molecule is CC.CNc1cccc(CNc2ccc(S)c3cc(S)cc(S)c23)c1. The molecule has 0 fully saturated rings. The van der Waals surface area contributed by atoms with Gasteiger partial charge in [0.05, 0.1) is 0 Å². The van der Waals surface area contributed by atoms with Gasteiger partial charge in [0.25, 0.3) is 0 Å². The summed E-state index contributed by atoms with van der Waals surface area (Å²) in [6, 6.07) is 16.4. The monoisotopic (exact) mass is 388 g/mol. The Morgan fingerprint density at radius 2 is 1.64 bits per heavy atom. The Morgan fingerprint density at radius 3 is 2.36 bits per heavy atom. The van der Waals surface area contributed by atoms with Crippen LogP contribution < -0.4 is 10.6 Å². The van der Waals surface area contributed by atoms with E-state index in [1.54, 1.807) is 0 Å². The predicted molar refractivity (Wildman–Crippen MR) is 120 cm³/mol. The smallest absolute Gasteiger partial charge is 0.0434 e. The minimum Gasteiger partial charge on any atom is -0.388 e. The molecule has 0 aromatic heterocycles. The van der Waals surface area contributed by atoms with Crippen LogP contribution in [0.5, 0.6) is 0 Å². The van der Waals surface area contributed by atoms with Gasteiger partial charge in [0.2, 0.25) is 0 Å². The van der Waals surface area contributed by atoms with Crippen molar-refractivity contribution < 1.29 is 0 Å². The van der Waals surface area contributed by atoms with Crippen molar-refractivity contribution in [1.29, 1.82) is 0 Å². The molecule has 0 aliphatic heterocycles. The normalized spacial score (nSPS) is 10.2. The van der Waals surface area contributed by atoms with Gasteiger partial charge in [-0.3, -0.25) is 0 Å². The summed E-state index contributed by atoms with van der Waals surface area (Å²) < 4.78 is 0. The third-order valence-corrected chi connectivity index (χ3v) is 4.75. The number of benzene rings is 3. The molecule has 0 amide bonds. The second-order valence-corrected chi connectivity index (χ2v) is 6.80. The Bertz CT molecular complexity index is 863. The summed E-state index contributed by atoms with van der Waals surface area (Å²) in [6.45, 7) is 4.74. The summed E-state index contributed by atoms with van der Waals surface area (Å²) in [7, 11) is 1.92. The van der Waals surface area contributed by atoms with Crippen molar-refractivity contribution in [3.8, 4) is 0 Å². The first kappa shape index (κ1) is 19.9. The molecule has 0 atom stereocenters. The average molecular weight is 389 g/mol. The molecule has 5 heteroatoms. The van der Waals surface area contributed by atoms with E-state index in [4.69, 9.17) is 0 Å². The molecule has 0 saturated heterocycles. The third-order valence-electron chi connectivity index (χ3n) is 3.75. The summed E-state index contributed by atoms with van der Waals surface area (Å²) in [5, 5.41) is 8.79. The molecule has 2 nitrogen and oxygen atoms in total. The molecule has 3 aromatic carbocycles. The lowest BCUT2D eigenvalue weighted by molar-refractivity contribution is 1.15. The van der Waals surface area contributed by atoms with Crippen molar-refractivity contribution in [1.82, 2.24) is 0 Å². The fourth-order valence-electron chi connectivity index (χ4n) is 2.61. The Labute approximate surface area is 166 Å². The zero-order valence-corrected chi connectivity index (χ0v) is 17.4. The van der Waals surface area contributed by atoms with Gasteiger partial charge in [-0.1, -0.05) is 26.0 Å². The van der Waals surface area contributed by atoms with Gasteiger partial charge in [-0.25, -0.2) is 0 Å². The number of anilines is 2. The minimum atomic E-state index is 0.742. The molecular formula is C20H24N2S3. The van der Waals surface area contributed by atoms with Gasteiger partial charge in [-0.2, -0.15) is 0 Å². The number of thiol groups is 3. The van der Waals surface area contributed by atoms with E-state index in [2.05, 4.69) is 72.8 Å². The summed E-state index contributed by atoms with van der Waals surface area (Å²) in [4.78, 5) is 2.71. The molecule has 0 heterocycles.